The lowest BCUT2D eigenvalue weighted by Crippen LogP contribution is -2.58. The number of hydrogen-bond donors (Lipinski definition) is 4. The summed E-state index contributed by atoms with van der Waals surface area (Å²) in [6.07, 6.45) is 2.56. The van der Waals surface area contributed by atoms with E-state index in [1.54, 1.807) is 11.8 Å². The number of carbonyl (C=O) groups excluding carboxylic acids is 2. The predicted octanol–water partition coefficient (Wildman–Crippen LogP) is 1.67. The molecule has 0 bridgehead atoms. The number of rotatable bonds is 7. The Bertz CT molecular complexity index is 1220. The Hall–Kier alpha value is -3.22. The van der Waals surface area contributed by atoms with Gasteiger partial charge in [-0.25, -0.2) is 14.4 Å². The number of aliphatic hydroxyl groups is 1. The molecule has 0 radical (unpaired) electrons. The van der Waals surface area contributed by atoms with E-state index in [0.717, 1.165) is 25.8 Å². The minimum absolute atomic E-state index is 0.0191. The molecule has 2 fully saturated rings. The topological polar surface area (TPSA) is 154 Å². The number of nitrogen functional groups attached to an aromatic ring is 2. The smallest absolute Gasteiger partial charge is 0.273 e. The van der Waals surface area contributed by atoms with Gasteiger partial charge in [0.05, 0.1) is 17.9 Å². The first kappa shape index (κ1) is 28.8. The monoisotopic (exact) mass is 562 g/mol. The average Bonchev–Trinajstić information content (AvgIpc) is 2.95. The predicted molar refractivity (Wildman–Crippen MR) is 148 cm³/mol. The highest BCUT2D eigenvalue weighted by molar-refractivity contribution is 6.32. The van der Waals surface area contributed by atoms with Crippen LogP contribution in [0, 0.1) is 12.7 Å². The first-order valence-electron chi connectivity index (χ1n) is 13.2. The van der Waals surface area contributed by atoms with E-state index in [0.29, 0.717) is 49.2 Å². The second-order valence-corrected chi connectivity index (χ2v) is 10.3. The summed E-state index contributed by atoms with van der Waals surface area (Å²) in [7, 11) is 0. The van der Waals surface area contributed by atoms with Crippen LogP contribution in [0.2, 0.25) is 5.15 Å². The van der Waals surface area contributed by atoms with Gasteiger partial charge in [0.1, 0.15) is 5.82 Å². The number of halogens is 2. The molecule has 11 nitrogen and oxygen atoms in total. The fourth-order valence-electron chi connectivity index (χ4n) is 5.41. The van der Waals surface area contributed by atoms with Crippen molar-refractivity contribution in [3.8, 4) is 0 Å². The molecule has 13 heteroatoms. The Morgan fingerprint density at radius 1 is 1.18 bits per heavy atom. The maximum absolute atomic E-state index is 13.8. The quantitative estimate of drug-likeness (QED) is 0.369. The Morgan fingerprint density at radius 3 is 2.56 bits per heavy atom. The average molecular weight is 563 g/mol. The molecule has 0 aliphatic carbocycles. The van der Waals surface area contributed by atoms with Crippen LogP contribution in [0.4, 0.5) is 21.7 Å². The molecule has 4 rings (SSSR count). The number of hydrogen-bond acceptors (Lipinski definition) is 9. The third-order valence-electron chi connectivity index (χ3n) is 7.67. The van der Waals surface area contributed by atoms with Crippen LogP contribution in [0.3, 0.4) is 0 Å². The number of nitrogens with two attached hydrogens (primary N) is 2. The fraction of sp³-hybridized carbons (Fsp3) is 0.538. The third kappa shape index (κ3) is 6.02. The summed E-state index contributed by atoms with van der Waals surface area (Å²) in [6, 6.07) is 3.31. The van der Waals surface area contributed by atoms with Gasteiger partial charge in [0.15, 0.2) is 22.5 Å². The summed E-state index contributed by atoms with van der Waals surface area (Å²) < 4.78 is 13.8. The number of amides is 2. The number of carbonyl (C=O) groups is 2. The summed E-state index contributed by atoms with van der Waals surface area (Å²) in [5.41, 5.74) is 12.8. The number of piperidine rings is 1. The van der Waals surface area contributed by atoms with Crippen molar-refractivity contribution in [1.82, 2.24) is 25.1 Å². The Balaban J connectivity index is 1.39. The van der Waals surface area contributed by atoms with E-state index < -0.39 is 11.7 Å². The Morgan fingerprint density at radius 2 is 1.90 bits per heavy atom. The largest absolute Gasteiger partial charge is 0.398 e. The van der Waals surface area contributed by atoms with Crippen molar-refractivity contribution < 1.29 is 19.1 Å². The molecule has 0 unspecified atom stereocenters. The SMILES string of the molecule is CC[C@H]1CN(c2nc(N)c(C(=O)NCCO)nc2Cl)CCN1C1CCN(C(=O)c2ccc(F)c(C)c2N)CC1. The lowest BCUT2D eigenvalue weighted by Gasteiger charge is -2.47. The van der Waals surface area contributed by atoms with E-state index in [1.807, 2.05) is 4.90 Å². The molecule has 3 heterocycles. The molecule has 1 aromatic carbocycles. The van der Waals surface area contributed by atoms with Gasteiger partial charge >= 0.3 is 0 Å². The van der Waals surface area contributed by atoms with Crippen molar-refractivity contribution in [1.29, 1.82) is 0 Å². The standard InChI is InChI=1S/C26H36ClFN8O3/c1-3-16-14-35(24-22(27)32-21(23(30)33-24)25(38)31-8-13-37)11-12-36(16)17-6-9-34(10-7-17)26(39)18-4-5-19(28)15(2)20(18)29/h4-5,16-17,37H,3,6-14,29H2,1-2H3,(H2,30,33)(H,31,38)/t16-/m0/s1. The van der Waals surface area contributed by atoms with Crippen LogP contribution < -0.4 is 21.7 Å². The lowest BCUT2D eigenvalue weighted by atomic mass is 9.97. The molecule has 1 atom stereocenters. The number of likely N-dealkylation sites (tertiary alicyclic amines) is 1. The molecule has 6 N–H and O–H groups in total. The molecule has 2 aliphatic rings. The highest BCUT2D eigenvalue weighted by Gasteiger charge is 2.35. The Labute approximate surface area is 232 Å². The molecule has 0 spiro atoms. The molecule has 1 aromatic heterocycles. The minimum Gasteiger partial charge on any atom is -0.398 e. The van der Waals surface area contributed by atoms with E-state index in [4.69, 9.17) is 28.2 Å². The molecular formula is C26H36ClFN8O3. The van der Waals surface area contributed by atoms with Gasteiger partial charge in [-0.3, -0.25) is 14.5 Å². The van der Waals surface area contributed by atoms with Crippen molar-refractivity contribution in [3.63, 3.8) is 0 Å². The van der Waals surface area contributed by atoms with Crippen LogP contribution in [-0.4, -0.2) is 94.6 Å². The normalized spacial score (nSPS) is 18.8. The van der Waals surface area contributed by atoms with Gasteiger partial charge in [-0.05, 0) is 38.3 Å². The van der Waals surface area contributed by atoms with Gasteiger partial charge in [-0.2, -0.15) is 0 Å². The second kappa shape index (κ2) is 12.3. The highest BCUT2D eigenvalue weighted by Crippen LogP contribution is 2.30. The zero-order chi connectivity index (χ0) is 28.3. The summed E-state index contributed by atoms with van der Waals surface area (Å²) in [5, 5.41) is 11.5. The van der Waals surface area contributed by atoms with Gasteiger partial charge in [0, 0.05) is 56.9 Å². The fourth-order valence-corrected chi connectivity index (χ4v) is 5.65. The molecule has 212 valence electrons. The third-order valence-corrected chi connectivity index (χ3v) is 7.93. The van der Waals surface area contributed by atoms with Gasteiger partial charge in [-0.1, -0.05) is 18.5 Å². The molecule has 2 amide bonds. The maximum atomic E-state index is 13.8. The van der Waals surface area contributed by atoms with E-state index in [9.17, 15) is 14.0 Å². The van der Waals surface area contributed by atoms with Crippen molar-refractivity contribution in [2.75, 3.05) is 62.2 Å². The number of anilines is 3. The van der Waals surface area contributed by atoms with Gasteiger partial charge in [0.25, 0.3) is 11.8 Å². The van der Waals surface area contributed by atoms with Crippen molar-refractivity contribution in [2.24, 2.45) is 0 Å². The van der Waals surface area contributed by atoms with Crippen LogP contribution in [0.5, 0.6) is 0 Å². The molecule has 2 saturated heterocycles. The van der Waals surface area contributed by atoms with Gasteiger partial charge in [-0.15, -0.1) is 0 Å². The van der Waals surface area contributed by atoms with Crippen LogP contribution in [0.15, 0.2) is 12.1 Å². The molecule has 39 heavy (non-hydrogen) atoms. The van der Waals surface area contributed by atoms with Crippen LogP contribution in [-0.2, 0) is 0 Å². The minimum atomic E-state index is -0.541. The van der Waals surface area contributed by atoms with Crippen LogP contribution >= 0.6 is 11.6 Å². The summed E-state index contributed by atoms with van der Waals surface area (Å²) in [5.74, 6) is -0.694. The number of aromatic nitrogens is 2. The molecule has 2 aliphatic heterocycles. The lowest BCUT2D eigenvalue weighted by molar-refractivity contribution is 0.0491. The van der Waals surface area contributed by atoms with Crippen molar-refractivity contribution in [2.45, 2.75) is 45.2 Å². The van der Waals surface area contributed by atoms with E-state index in [2.05, 4.69) is 27.1 Å². The van der Waals surface area contributed by atoms with E-state index in [-0.39, 0.29) is 47.5 Å². The van der Waals surface area contributed by atoms with E-state index >= 15 is 0 Å². The number of nitrogens with one attached hydrogen (secondary N) is 1. The zero-order valence-electron chi connectivity index (χ0n) is 22.3. The summed E-state index contributed by atoms with van der Waals surface area (Å²) >= 11 is 6.43. The van der Waals surface area contributed by atoms with Crippen LogP contribution in [0.1, 0.15) is 52.6 Å². The molecule has 0 saturated carbocycles. The first-order chi connectivity index (χ1) is 18.7. The Kier molecular flexibility index (Phi) is 9.08. The number of nitrogens with zero attached hydrogens (tertiary/aromatic N) is 5. The van der Waals surface area contributed by atoms with Crippen molar-refractivity contribution >= 4 is 40.7 Å². The van der Waals surface area contributed by atoms with Gasteiger partial charge in [0.2, 0.25) is 0 Å². The van der Waals surface area contributed by atoms with Crippen LogP contribution in [0.25, 0.3) is 0 Å². The highest BCUT2D eigenvalue weighted by atomic mass is 35.5. The molecule has 2 aromatic rings. The van der Waals surface area contributed by atoms with Crippen molar-refractivity contribution in [3.05, 3.63) is 39.9 Å². The number of aliphatic hydroxyl groups excluding tert-OH is 1. The van der Waals surface area contributed by atoms with Gasteiger partial charge < -0.3 is 31.7 Å². The number of piperazine rings is 1. The maximum Gasteiger partial charge on any atom is 0.273 e. The second-order valence-electron chi connectivity index (χ2n) is 9.95. The summed E-state index contributed by atoms with van der Waals surface area (Å²) in [6.45, 7) is 6.89. The zero-order valence-corrected chi connectivity index (χ0v) is 23.0. The summed E-state index contributed by atoms with van der Waals surface area (Å²) in [4.78, 5) is 40.3. The first-order valence-corrected chi connectivity index (χ1v) is 13.6. The van der Waals surface area contributed by atoms with E-state index in [1.165, 1.54) is 12.1 Å². The number of benzene rings is 1. The molecular weight excluding hydrogens is 527 g/mol.